The molecule has 6 heteroatoms. The Morgan fingerprint density at radius 3 is 2.50 bits per heavy atom. The van der Waals surface area contributed by atoms with Crippen LogP contribution in [-0.2, 0) is 9.59 Å². The Hall–Kier alpha value is -1.79. The van der Waals surface area contributed by atoms with Crippen molar-refractivity contribution >= 4 is 50.9 Å². The van der Waals surface area contributed by atoms with Crippen LogP contribution in [0.1, 0.15) is 12.8 Å². The van der Waals surface area contributed by atoms with E-state index in [1.807, 2.05) is 48.5 Å². The van der Waals surface area contributed by atoms with Gasteiger partial charge in [0.25, 0.3) is 0 Å². The van der Waals surface area contributed by atoms with Crippen molar-refractivity contribution in [2.75, 3.05) is 16.4 Å². The molecule has 0 atom stereocenters. The quantitative estimate of drug-likeness (QED) is 0.695. The summed E-state index contributed by atoms with van der Waals surface area (Å²) in [6.45, 7) is 0. The molecule has 0 heterocycles. The molecule has 0 unspecified atom stereocenters. The number of benzene rings is 2. The average molecular weight is 405 g/mol. The van der Waals surface area contributed by atoms with Gasteiger partial charge in [0, 0.05) is 26.7 Å². The summed E-state index contributed by atoms with van der Waals surface area (Å²) in [6, 6.07) is 15.1. The van der Waals surface area contributed by atoms with Crippen molar-refractivity contribution in [1.82, 2.24) is 0 Å². The van der Waals surface area contributed by atoms with Gasteiger partial charge < -0.3 is 10.6 Å². The standard InChI is InChI=1S/C18H17BrN2O2S/c19-13-6-8-14(9-7-13)20-17(22)11-24-16-3-1-2-15(10-16)21-18(23)12-4-5-12/h1-3,6-10,12H,4-5,11H2,(H,20,22)(H,21,23). The van der Waals surface area contributed by atoms with Crippen LogP contribution in [0, 0.1) is 5.92 Å². The number of hydrogen-bond acceptors (Lipinski definition) is 3. The van der Waals surface area contributed by atoms with Crippen molar-refractivity contribution in [2.24, 2.45) is 5.92 Å². The first-order chi connectivity index (χ1) is 11.6. The maximum atomic E-state index is 12.0. The SMILES string of the molecule is O=C(CSc1cccc(NC(=O)C2CC2)c1)Nc1ccc(Br)cc1. The molecule has 1 saturated carbocycles. The Labute approximate surface area is 153 Å². The van der Waals surface area contributed by atoms with Gasteiger partial charge in [0.2, 0.25) is 11.8 Å². The lowest BCUT2D eigenvalue weighted by atomic mass is 10.3. The molecule has 0 bridgehead atoms. The molecule has 2 amide bonds. The smallest absolute Gasteiger partial charge is 0.234 e. The third kappa shape index (κ3) is 5.11. The highest BCUT2D eigenvalue weighted by Gasteiger charge is 2.29. The average Bonchev–Trinajstić information content (AvgIpc) is 3.41. The van der Waals surface area contributed by atoms with Crippen LogP contribution in [0.3, 0.4) is 0 Å². The van der Waals surface area contributed by atoms with Crippen LogP contribution >= 0.6 is 27.7 Å². The summed E-state index contributed by atoms with van der Waals surface area (Å²) in [4.78, 5) is 24.8. The predicted octanol–water partition coefficient (Wildman–Crippen LogP) is 4.53. The number of thioether (sulfide) groups is 1. The number of anilines is 2. The number of carbonyl (C=O) groups excluding carboxylic acids is 2. The van der Waals surface area contributed by atoms with Crippen LogP contribution < -0.4 is 10.6 Å². The summed E-state index contributed by atoms with van der Waals surface area (Å²) in [5.74, 6) is 0.522. The number of amides is 2. The summed E-state index contributed by atoms with van der Waals surface area (Å²) in [5.41, 5.74) is 1.56. The van der Waals surface area contributed by atoms with E-state index in [2.05, 4.69) is 26.6 Å². The Bertz CT molecular complexity index is 745. The molecule has 2 aromatic carbocycles. The van der Waals surface area contributed by atoms with E-state index in [9.17, 15) is 9.59 Å². The van der Waals surface area contributed by atoms with Gasteiger partial charge in [-0.1, -0.05) is 22.0 Å². The van der Waals surface area contributed by atoms with Crippen LogP contribution in [0.2, 0.25) is 0 Å². The van der Waals surface area contributed by atoms with Gasteiger partial charge in [0.15, 0.2) is 0 Å². The van der Waals surface area contributed by atoms with E-state index >= 15 is 0 Å². The van der Waals surface area contributed by atoms with Crippen molar-refractivity contribution in [3.63, 3.8) is 0 Å². The van der Waals surface area contributed by atoms with E-state index in [0.29, 0.717) is 5.75 Å². The van der Waals surface area contributed by atoms with Gasteiger partial charge in [0.1, 0.15) is 0 Å². The van der Waals surface area contributed by atoms with Gasteiger partial charge in [-0.05, 0) is 55.3 Å². The summed E-state index contributed by atoms with van der Waals surface area (Å²) >= 11 is 4.81. The fourth-order valence-corrected chi connectivity index (χ4v) is 3.15. The maximum Gasteiger partial charge on any atom is 0.234 e. The number of halogens is 1. The second-order valence-electron chi connectivity index (χ2n) is 5.64. The summed E-state index contributed by atoms with van der Waals surface area (Å²) < 4.78 is 0.972. The highest BCUT2D eigenvalue weighted by molar-refractivity contribution is 9.10. The van der Waals surface area contributed by atoms with E-state index in [0.717, 1.165) is 33.6 Å². The van der Waals surface area contributed by atoms with E-state index in [4.69, 9.17) is 0 Å². The Balaban J connectivity index is 1.51. The van der Waals surface area contributed by atoms with Crippen molar-refractivity contribution in [3.05, 3.63) is 53.0 Å². The zero-order valence-corrected chi connectivity index (χ0v) is 15.3. The van der Waals surface area contributed by atoms with Gasteiger partial charge in [0.05, 0.1) is 5.75 Å². The predicted molar refractivity (Wildman–Crippen MR) is 101 cm³/mol. The highest BCUT2D eigenvalue weighted by Crippen LogP contribution is 2.30. The molecule has 2 aromatic rings. The fraction of sp³-hybridized carbons (Fsp3) is 0.222. The zero-order valence-electron chi connectivity index (χ0n) is 12.9. The lowest BCUT2D eigenvalue weighted by Crippen LogP contribution is -2.14. The maximum absolute atomic E-state index is 12.0. The molecule has 1 aliphatic carbocycles. The zero-order chi connectivity index (χ0) is 16.9. The molecular weight excluding hydrogens is 388 g/mol. The molecule has 4 nitrogen and oxygen atoms in total. The van der Waals surface area contributed by atoms with Crippen LogP contribution in [0.25, 0.3) is 0 Å². The molecule has 1 aliphatic rings. The minimum atomic E-state index is -0.0604. The molecule has 24 heavy (non-hydrogen) atoms. The lowest BCUT2D eigenvalue weighted by molar-refractivity contribution is -0.117. The molecule has 3 rings (SSSR count). The molecule has 2 N–H and O–H groups in total. The number of nitrogens with one attached hydrogen (secondary N) is 2. The van der Waals surface area contributed by atoms with E-state index in [1.165, 1.54) is 11.8 Å². The van der Waals surface area contributed by atoms with Crippen molar-refractivity contribution in [1.29, 1.82) is 0 Å². The number of hydrogen-bond donors (Lipinski definition) is 2. The fourth-order valence-electron chi connectivity index (χ4n) is 2.13. The molecule has 0 saturated heterocycles. The van der Waals surface area contributed by atoms with Gasteiger partial charge in [-0.2, -0.15) is 0 Å². The van der Waals surface area contributed by atoms with Crippen molar-refractivity contribution < 1.29 is 9.59 Å². The molecule has 1 fully saturated rings. The van der Waals surface area contributed by atoms with Gasteiger partial charge >= 0.3 is 0 Å². The van der Waals surface area contributed by atoms with E-state index < -0.39 is 0 Å². The number of rotatable bonds is 6. The van der Waals surface area contributed by atoms with Gasteiger partial charge in [-0.15, -0.1) is 11.8 Å². The summed E-state index contributed by atoms with van der Waals surface area (Å²) in [5, 5.41) is 5.78. The van der Waals surface area contributed by atoms with E-state index in [1.54, 1.807) is 0 Å². The molecule has 0 aliphatic heterocycles. The van der Waals surface area contributed by atoms with Crippen LogP contribution in [0.15, 0.2) is 57.9 Å². The van der Waals surface area contributed by atoms with E-state index in [-0.39, 0.29) is 17.7 Å². The molecular formula is C18H17BrN2O2S. The first kappa shape index (κ1) is 17.0. The minimum Gasteiger partial charge on any atom is -0.326 e. The molecule has 0 aromatic heterocycles. The Morgan fingerprint density at radius 2 is 1.79 bits per heavy atom. The first-order valence-corrected chi connectivity index (χ1v) is 9.47. The van der Waals surface area contributed by atoms with Gasteiger partial charge in [-0.25, -0.2) is 0 Å². The second-order valence-corrected chi connectivity index (χ2v) is 7.60. The second kappa shape index (κ2) is 7.85. The normalized spacial score (nSPS) is 13.4. The third-order valence-electron chi connectivity index (χ3n) is 3.55. The first-order valence-electron chi connectivity index (χ1n) is 7.69. The van der Waals surface area contributed by atoms with Crippen molar-refractivity contribution in [3.8, 4) is 0 Å². The van der Waals surface area contributed by atoms with Crippen molar-refractivity contribution in [2.45, 2.75) is 17.7 Å². The summed E-state index contributed by atoms with van der Waals surface area (Å²) in [6.07, 6.45) is 1.97. The topological polar surface area (TPSA) is 58.2 Å². The third-order valence-corrected chi connectivity index (χ3v) is 5.07. The molecule has 124 valence electrons. The minimum absolute atomic E-state index is 0.0604. The van der Waals surface area contributed by atoms with Crippen LogP contribution in [0.4, 0.5) is 11.4 Å². The van der Waals surface area contributed by atoms with Crippen LogP contribution in [0.5, 0.6) is 0 Å². The lowest BCUT2D eigenvalue weighted by Gasteiger charge is -2.08. The molecule has 0 radical (unpaired) electrons. The Kier molecular flexibility index (Phi) is 5.58. The number of carbonyl (C=O) groups is 2. The largest absolute Gasteiger partial charge is 0.326 e. The van der Waals surface area contributed by atoms with Crippen LogP contribution in [-0.4, -0.2) is 17.6 Å². The molecule has 0 spiro atoms. The highest BCUT2D eigenvalue weighted by atomic mass is 79.9. The summed E-state index contributed by atoms with van der Waals surface area (Å²) in [7, 11) is 0. The van der Waals surface area contributed by atoms with Gasteiger partial charge in [-0.3, -0.25) is 9.59 Å². The Morgan fingerprint density at radius 1 is 1.04 bits per heavy atom. The monoisotopic (exact) mass is 404 g/mol.